The van der Waals surface area contributed by atoms with E-state index in [9.17, 15) is 13.6 Å². The van der Waals surface area contributed by atoms with Crippen molar-refractivity contribution < 1.29 is 23.0 Å². The summed E-state index contributed by atoms with van der Waals surface area (Å²) in [5.41, 5.74) is 4.62. The first kappa shape index (κ1) is 18.4. The van der Waals surface area contributed by atoms with Gasteiger partial charge in [-0.1, -0.05) is 0 Å². The Balaban J connectivity index is 2.05. The minimum Gasteiger partial charge on any atom is -0.497 e. The van der Waals surface area contributed by atoms with Crippen LogP contribution in [0.5, 0.6) is 11.5 Å². The highest BCUT2D eigenvalue weighted by Crippen LogP contribution is 2.25. The molecule has 0 bridgehead atoms. The number of carbonyl (C=O) groups is 1. The van der Waals surface area contributed by atoms with E-state index in [2.05, 4.69) is 15.3 Å². The molecule has 5 nitrogen and oxygen atoms in total. The fourth-order valence-corrected chi connectivity index (χ4v) is 2.31. The number of alkyl halides is 2. The average molecular weight is 348 g/mol. The van der Waals surface area contributed by atoms with Gasteiger partial charge in [0, 0.05) is 5.56 Å². The van der Waals surface area contributed by atoms with Crippen LogP contribution in [-0.2, 0) is 0 Å². The molecule has 1 amide bonds. The molecule has 2 rings (SSSR count). The van der Waals surface area contributed by atoms with Crippen LogP contribution in [0.15, 0.2) is 41.5 Å². The van der Waals surface area contributed by atoms with Crippen LogP contribution in [0, 0.1) is 13.8 Å². The van der Waals surface area contributed by atoms with Gasteiger partial charge in [-0.2, -0.15) is 13.9 Å². The number of hydrogen-bond donors (Lipinski definition) is 1. The molecule has 0 radical (unpaired) electrons. The predicted molar refractivity (Wildman–Crippen MR) is 90.6 cm³/mol. The highest BCUT2D eigenvalue weighted by molar-refractivity contribution is 5.95. The molecule has 0 aliphatic heterocycles. The van der Waals surface area contributed by atoms with Crippen molar-refractivity contribution in [2.45, 2.75) is 20.5 Å². The number of amides is 1. The van der Waals surface area contributed by atoms with Gasteiger partial charge in [0.05, 0.1) is 13.3 Å². The largest absolute Gasteiger partial charge is 0.497 e. The summed E-state index contributed by atoms with van der Waals surface area (Å²) in [5, 5.41) is 3.89. The fraction of sp³-hybridized carbons (Fsp3) is 0.222. The number of nitrogens with zero attached hydrogens (tertiary/aromatic N) is 1. The molecule has 2 aromatic carbocycles. The Hall–Kier alpha value is -2.96. The van der Waals surface area contributed by atoms with Crippen molar-refractivity contribution in [2.75, 3.05) is 7.11 Å². The Labute approximate surface area is 144 Å². The van der Waals surface area contributed by atoms with Crippen LogP contribution in [0.3, 0.4) is 0 Å². The predicted octanol–water partition coefficient (Wildman–Crippen LogP) is 3.68. The van der Waals surface area contributed by atoms with Crippen molar-refractivity contribution in [3.63, 3.8) is 0 Å². The number of nitrogens with one attached hydrogen (secondary N) is 1. The third kappa shape index (κ3) is 5.00. The molecular formula is C18H18F2N2O3. The Kier molecular flexibility index (Phi) is 6.05. The van der Waals surface area contributed by atoms with Crippen molar-refractivity contribution in [3.8, 4) is 11.5 Å². The topological polar surface area (TPSA) is 59.9 Å². The van der Waals surface area contributed by atoms with Crippen molar-refractivity contribution in [2.24, 2.45) is 5.10 Å². The summed E-state index contributed by atoms with van der Waals surface area (Å²) >= 11 is 0. The molecule has 0 fully saturated rings. The first-order chi connectivity index (χ1) is 11.9. The molecule has 1 N–H and O–H groups in total. The molecule has 0 aliphatic rings. The van der Waals surface area contributed by atoms with Crippen LogP contribution in [0.2, 0.25) is 0 Å². The number of methoxy groups -OCH3 is 1. The minimum absolute atomic E-state index is 0.148. The van der Waals surface area contributed by atoms with Crippen molar-refractivity contribution in [1.82, 2.24) is 5.43 Å². The SMILES string of the molecule is COc1ccc(C(=O)N/N=C\c2cc(C)c(OC(F)F)c(C)c2)cc1. The lowest BCUT2D eigenvalue weighted by Gasteiger charge is -2.11. The van der Waals surface area contributed by atoms with E-state index in [1.807, 2.05) is 0 Å². The molecule has 0 saturated heterocycles. The molecule has 0 heterocycles. The highest BCUT2D eigenvalue weighted by atomic mass is 19.3. The third-order valence-electron chi connectivity index (χ3n) is 3.42. The van der Waals surface area contributed by atoms with E-state index in [-0.39, 0.29) is 11.7 Å². The zero-order chi connectivity index (χ0) is 18.4. The molecule has 0 atom stereocenters. The summed E-state index contributed by atoms with van der Waals surface area (Å²) in [6.45, 7) is 0.455. The zero-order valence-electron chi connectivity index (χ0n) is 14.0. The van der Waals surface area contributed by atoms with E-state index in [4.69, 9.17) is 4.74 Å². The number of hydrazone groups is 1. The smallest absolute Gasteiger partial charge is 0.387 e. The van der Waals surface area contributed by atoms with Gasteiger partial charge in [0.15, 0.2) is 0 Å². The molecule has 0 aromatic heterocycles. The van der Waals surface area contributed by atoms with E-state index in [0.717, 1.165) is 0 Å². The molecule has 0 unspecified atom stereocenters. The lowest BCUT2D eigenvalue weighted by atomic mass is 10.1. The highest BCUT2D eigenvalue weighted by Gasteiger charge is 2.11. The van der Waals surface area contributed by atoms with Gasteiger partial charge in [-0.05, 0) is 66.9 Å². The summed E-state index contributed by atoms with van der Waals surface area (Å²) in [5.74, 6) is 0.427. The second kappa shape index (κ2) is 8.23. The van der Waals surface area contributed by atoms with Gasteiger partial charge in [0.1, 0.15) is 11.5 Å². The first-order valence-corrected chi connectivity index (χ1v) is 7.44. The molecule has 0 saturated carbocycles. The summed E-state index contributed by atoms with van der Waals surface area (Å²) in [7, 11) is 1.54. The van der Waals surface area contributed by atoms with Gasteiger partial charge >= 0.3 is 6.61 Å². The summed E-state index contributed by atoms with van der Waals surface area (Å²) in [4.78, 5) is 12.0. The second-order valence-electron chi connectivity index (χ2n) is 5.29. The number of hydrogen-bond acceptors (Lipinski definition) is 4. The molecule has 25 heavy (non-hydrogen) atoms. The lowest BCUT2D eigenvalue weighted by molar-refractivity contribution is -0.0507. The van der Waals surface area contributed by atoms with E-state index < -0.39 is 6.61 Å². The molecule has 2 aromatic rings. The van der Waals surface area contributed by atoms with Gasteiger partial charge < -0.3 is 9.47 Å². The van der Waals surface area contributed by atoms with Crippen molar-refractivity contribution in [3.05, 3.63) is 58.7 Å². The van der Waals surface area contributed by atoms with Crippen LogP contribution in [-0.4, -0.2) is 25.8 Å². The quantitative estimate of drug-likeness (QED) is 0.640. The summed E-state index contributed by atoms with van der Waals surface area (Å²) in [6.07, 6.45) is 1.44. The van der Waals surface area contributed by atoms with E-state index >= 15 is 0 Å². The third-order valence-corrected chi connectivity index (χ3v) is 3.42. The Morgan fingerprint density at radius 2 is 1.76 bits per heavy atom. The van der Waals surface area contributed by atoms with Crippen LogP contribution >= 0.6 is 0 Å². The van der Waals surface area contributed by atoms with Gasteiger partial charge in [-0.25, -0.2) is 5.43 Å². The number of ether oxygens (including phenoxy) is 2. The number of aryl methyl sites for hydroxylation is 2. The van der Waals surface area contributed by atoms with Gasteiger partial charge in [0.25, 0.3) is 5.91 Å². The zero-order valence-corrected chi connectivity index (χ0v) is 14.0. The summed E-state index contributed by atoms with van der Waals surface area (Å²) in [6, 6.07) is 9.88. The number of benzene rings is 2. The van der Waals surface area contributed by atoms with Gasteiger partial charge in [0.2, 0.25) is 0 Å². The van der Waals surface area contributed by atoms with Crippen LogP contribution < -0.4 is 14.9 Å². The maximum atomic E-state index is 12.4. The molecule has 7 heteroatoms. The first-order valence-electron chi connectivity index (χ1n) is 7.44. The lowest BCUT2D eigenvalue weighted by Crippen LogP contribution is -2.17. The van der Waals surface area contributed by atoms with Crippen molar-refractivity contribution in [1.29, 1.82) is 0 Å². The Morgan fingerprint density at radius 3 is 2.28 bits per heavy atom. The molecule has 0 spiro atoms. The second-order valence-corrected chi connectivity index (χ2v) is 5.29. The maximum Gasteiger partial charge on any atom is 0.387 e. The monoisotopic (exact) mass is 348 g/mol. The van der Waals surface area contributed by atoms with E-state index in [1.54, 1.807) is 57.4 Å². The molecular weight excluding hydrogens is 330 g/mol. The standard InChI is InChI=1S/C18H18F2N2O3/c1-11-8-13(9-12(2)16(11)25-18(19)20)10-21-22-17(23)14-4-6-15(24-3)7-5-14/h4-10,18H,1-3H3,(H,22,23)/b21-10-. The number of carbonyl (C=O) groups excluding carboxylic acids is 1. The van der Waals surface area contributed by atoms with Crippen LogP contribution in [0.4, 0.5) is 8.78 Å². The summed E-state index contributed by atoms with van der Waals surface area (Å²) < 4.78 is 34.3. The van der Waals surface area contributed by atoms with E-state index in [1.165, 1.54) is 6.21 Å². The average Bonchev–Trinajstić information content (AvgIpc) is 2.58. The van der Waals surface area contributed by atoms with Crippen molar-refractivity contribution >= 4 is 12.1 Å². The van der Waals surface area contributed by atoms with Gasteiger partial charge in [-0.3, -0.25) is 4.79 Å². The molecule has 132 valence electrons. The minimum atomic E-state index is -2.87. The van der Waals surface area contributed by atoms with Gasteiger partial charge in [-0.15, -0.1) is 0 Å². The maximum absolute atomic E-state index is 12.4. The van der Waals surface area contributed by atoms with E-state index in [0.29, 0.717) is 28.0 Å². The Bertz CT molecular complexity index is 751. The number of halogens is 2. The normalized spacial score (nSPS) is 11.0. The van der Waals surface area contributed by atoms with Crippen LogP contribution in [0.25, 0.3) is 0 Å². The molecule has 0 aliphatic carbocycles. The van der Waals surface area contributed by atoms with Crippen LogP contribution in [0.1, 0.15) is 27.0 Å². The Morgan fingerprint density at radius 1 is 1.16 bits per heavy atom. The number of rotatable bonds is 6. The fourth-order valence-electron chi connectivity index (χ4n) is 2.31.